The summed E-state index contributed by atoms with van der Waals surface area (Å²) in [5.41, 5.74) is -6.98. The molecule has 15 heteroatoms. The number of aliphatic hydroxyl groups is 1. The molecule has 4 rings (SSSR count). The molecule has 1 unspecified atom stereocenters. The molecule has 41 heavy (non-hydrogen) atoms. The first-order chi connectivity index (χ1) is 19.0. The van der Waals surface area contributed by atoms with Gasteiger partial charge in [0.25, 0.3) is 5.60 Å². The number of sulfone groups is 1. The molecule has 2 fully saturated rings. The Bertz CT molecular complexity index is 1370. The van der Waals surface area contributed by atoms with Gasteiger partial charge in [-0.25, -0.2) is 12.8 Å². The van der Waals surface area contributed by atoms with E-state index in [0.29, 0.717) is 44.5 Å². The highest BCUT2D eigenvalue weighted by molar-refractivity contribution is 7.92. The maximum absolute atomic E-state index is 14.0. The van der Waals surface area contributed by atoms with Gasteiger partial charge in [-0.3, -0.25) is 9.59 Å². The zero-order valence-corrected chi connectivity index (χ0v) is 22.1. The summed E-state index contributed by atoms with van der Waals surface area (Å²) in [6.07, 6.45) is -11.2. The van der Waals surface area contributed by atoms with Gasteiger partial charge >= 0.3 is 12.4 Å². The molecule has 2 heterocycles. The SMILES string of the molecule is O=CN1CCC(C(=O)N2CCC(c3ccc(C(O)(C(F)(F)F)C(F)(F)F)cc3)(S(=O)(=O)c3ccc(F)cc3)C2)CC1. The highest BCUT2D eigenvalue weighted by Crippen LogP contribution is 2.51. The smallest absolute Gasteiger partial charge is 0.369 e. The van der Waals surface area contributed by atoms with Gasteiger partial charge in [0.2, 0.25) is 12.3 Å². The number of piperidine rings is 1. The third-order valence-electron chi connectivity index (χ3n) is 7.86. The molecule has 0 radical (unpaired) electrons. The van der Waals surface area contributed by atoms with Crippen molar-refractivity contribution in [3.63, 3.8) is 0 Å². The second-order valence-corrected chi connectivity index (χ2v) is 12.4. The summed E-state index contributed by atoms with van der Waals surface area (Å²) < 4.78 is 120. The van der Waals surface area contributed by atoms with Gasteiger partial charge in [-0.2, -0.15) is 26.3 Å². The fraction of sp³-hybridized carbons (Fsp3) is 0.462. The number of hydrogen-bond donors (Lipinski definition) is 1. The van der Waals surface area contributed by atoms with Crippen LogP contribution in [0.15, 0.2) is 53.4 Å². The van der Waals surface area contributed by atoms with Gasteiger partial charge in [-0.15, -0.1) is 0 Å². The standard InChI is InChI=1S/C26H25F7N2O5S/c27-20-5-7-21(8-6-20)41(39,40)23(11-14-35(15-23)22(37)17-9-12-34(16-36)13-10-17)18-1-3-19(4-2-18)24(38,25(28,29)30)26(31,32)33/h1-8,16-17,38H,9-15H2. The fourth-order valence-corrected chi connectivity index (χ4v) is 7.51. The Labute approximate surface area is 230 Å². The minimum Gasteiger partial charge on any atom is -0.369 e. The van der Waals surface area contributed by atoms with E-state index in [-0.39, 0.29) is 23.4 Å². The highest BCUT2D eigenvalue weighted by atomic mass is 32.2. The van der Waals surface area contributed by atoms with Crippen molar-refractivity contribution in [1.82, 2.24) is 9.80 Å². The Morgan fingerprint density at radius 2 is 1.44 bits per heavy atom. The Morgan fingerprint density at radius 1 is 0.902 bits per heavy atom. The molecule has 2 amide bonds. The van der Waals surface area contributed by atoms with Crippen molar-refractivity contribution in [2.75, 3.05) is 26.2 Å². The van der Waals surface area contributed by atoms with Crippen molar-refractivity contribution >= 4 is 22.2 Å². The van der Waals surface area contributed by atoms with Crippen molar-refractivity contribution in [3.05, 3.63) is 65.5 Å². The highest BCUT2D eigenvalue weighted by Gasteiger charge is 2.71. The Hall–Kier alpha value is -3.20. The van der Waals surface area contributed by atoms with E-state index in [2.05, 4.69) is 0 Å². The predicted molar refractivity (Wildman–Crippen MR) is 129 cm³/mol. The lowest BCUT2D eigenvalue weighted by Gasteiger charge is -2.34. The molecule has 7 nitrogen and oxygen atoms in total. The minimum atomic E-state index is -6.14. The molecule has 2 aliphatic heterocycles. The van der Waals surface area contributed by atoms with Crippen LogP contribution in [-0.4, -0.2) is 74.2 Å². The molecule has 0 saturated carbocycles. The molecular formula is C26H25F7N2O5S. The van der Waals surface area contributed by atoms with Crippen molar-refractivity contribution in [3.8, 4) is 0 Å². The number of alkyl halides is 6. The van der Waals surface area contributed by atoms with Crippen LogP contribution in [0.3, 0.4) is 0 Å². The van der Waals surface area contributed by atoms with Gasteiger partial charge in [0.1, 0.15) is 10.6 Å². The quantitative estimate of drug-likeness (QED) is 0.304. The van der Waals surface area contributed by atoms with Crippen LogP contribution in [0.2, 0.25) is 0 Å². The monoisotopic (exact) mass is 610 g/mol. The molecule has 0 aliphatic carbocycles. The number of rotatable bonds is 6. The van der Waals surface area contributed by atoms with E-state index in [1.54, 1.807) is 0 Å². The number of benzene rings is 2. The summed E-state index contributed by atoms with van der Waals surface area (Å²) in [5, 5.41) is 9.75. The van der Waals surface area contributed by atoms with Crippen LogP contribution in [0.4, 0.5) is 30.7 Å². The van der Waals surface area contributed by atoms with Crippen molar-refractivity contribution in [1.29, 1.82) is 0 Å². The summed E-state index contributed by atoms with van der Waals surface area (Å²) in [6.45, 7) is 0.0661. The third kappa shape index (κ3) is 5.17. The molecule has 0 aromatic heterocycles. The predicted octanol–water partition coefficient (Wildman–Crippen LogP) is 3.91. The Morgan fingerprint density at radius 3 is 1.93 bits per heavy atom. The van der Waals surface area contributed by atoms with E-state index in [4.69, 9.17) is 0 Å². The molecule has 0 bridgehead atoms. The average molecular weight is 611 g/mol. The van der Waals surface area contributed by atoms with Crippen LogP contribution in [0.25, 0.3) is 0 Å². The number of carbonyl (C=O) groups is 2. The molecular weight excluding hydrogens is 585 g/mol. The first-order valence-electron chi connectivity index (χ1n) is 12.4. The molecule has 2 saturated heterocycles. The van der Waals surface area contributed by atoms with Crippen LogP contribution in [0.5, 0.6) is 0 Å². The fourth-order valence-electron chi connectivity index (χ4n) is 5.43. The first-order valence-corrected chi connectivity index (χ1v) is 13.9. The van der Waals surface area contributed by atoms with Crippen LogP contribution in [0.1, 0.15) is 30.4 Å². The second kappa shape index (κ2) is 10.6. The molecule has 224 valence electrons. The number of hydrogen-bond acceptors (Lipinski definition) is 5. The van der Waals surface area contributed by atoms with E-state index in [0.717, 1.165) is 36.4 Å². The maximum atomic E-state index is 14.0. The van der Waals surface area contributed by atoms with Gasteiger partial charge < -0.3 is 14.9 Å². The summed E-state index contributed by atoms with van der Waals surface area (Å²) in [7, 11) is -4.51. The average Bonchev–Trinajstić information content (AvgIpc) is 3.39. The van der Waals surface area contributed by atoms with Gasteiger partial charge in [0.05, 0.1) is 4.90 Å². The van der Waals surface area contributed by atoms with Crippen molar-refractivity contribution in [2.24, 2.45) is 5.92 Å². The second-order valence-electron chi connectivity index (χ2n) is 10.2. The first kappa shape index (κ1) is 30.8. The Balaban J connectivity index is 1.76. The molecule has 2 aromatic rings. The summed E-state index contributed by atoms with van der Waals surface area (Å²) >= 11 is 0. The van der Waals surface area contributed by atoms with Crippen LogP contribution in [0, 0.1) is 11.7 Å². The zero-order chi connectivity index (χ0) is 30.4. The summed E-state index contributed by atoms with van der Waals surface area (Å²) in [6, 6.07) is 5.96. The van der Waals surface area contributed by atoms with Gasteiger partial charge in [-0.05, 0) is 49.1 Å². The maximum Gasteiger partial charge on any atom is 0.430 e. The Kier molecular flexibility index (Phi) is 7.93. The lowest BCUT2D eigenvalue weighted by Crippen LogP contribution is -2.54. The third-order valence-corrected chi connectivity index (χ3v) is 10.3. The number of likely N-dealkylation sites (tertiary alicyclic amines) is 2. The largest absolute Gasteiger partial charge is 0.430 e. The van der Waals surface area contributed by atoms with Gasteiger partial charge in [0.15, 0.2) is 9.84 Å². The topological polar surface area (TPSA) is 95.0 Å². The number of nitrogens with zero attached hydrogens (tertiary/aromatic N) is 2. The van der Waals surface area contributed by atoms with E-state index < -0.39 is 62.3 Å². The normalized spacial score (nSPS) is 21.3. The van der Waals surface area contributed by atoms with Crippen molar-refractivity contribution < 1.29 is 53.8 Å². The lowest BCUT2D eigenvalue weighted by molar-refractivity contribution is -0.376. The van der Waals surface area contributed by atoms with Gasteiger partial charge in [0, 0.05) is 37.7 Å². The molecule has 1 atom stereocenters. The van der Waals surface area contributed by atoms with Gasteiger partial charge in [-0.1, -0.05) is 24.3 Å². The van der Waals surface area contributed by atoms with E-state index in [9.17, 15) is 53.8 Å². The van der Waals surface area contributed by atoms with Crippen molar-refractivity contribution in [2.45, 2.75) is 46.9 Å². The van der Waals surface area contributed by atoms with Crippen LogP contribution >= 0.6 is 0 Å². The molecule has 1 N–H and O–H groups in total. The van der Waals surface area contributed by atoms with E-state index in [1.807, 2.05) is 0 Å². The number of carbonyl (C=O) groups excluding carboxylic acids is 2. The van der Waals surface area contributed by atoms with Crippen LogP contribution in [-0.2, 0) is 29.8 Å². The molecule has 2 aromatic carbocycles. The minimum absolute atomic E-state index is 0.0933. The number of halogens is 7. The van der Waals surface area contributed by atoms with Crippen LogP contribution < -0.4 is 0 Å². The zero-order valence-electron chi connectivity index (χ0n) is 21.3. The van der Waals surface area contributed by atoms with E-state index >= 15 is 0 Å². The molecule has 2 aliphatic rings. The summed E-state index contributed by atoms with van der Waals surface area (Å²) in [5.74, 6) is -1.66. The lowest BCUT2D eigenvalue weighted by atomic mass is 9.89. The number of amides is 2. The molecule has 0 spiro atoms. The summed E-state index contributed by atoms with van der Waals surface area (Å²) in [4.78, 5) is 26.7. The van der Waals surface area contributed by atoms with E-state index in [1.165, 1.54) is 9.80 Å².